The Morgan fingerprint density at radius 1 is 1.07 bits per heavy atom. The molecule has 0 N–H and O–H groups in total. The van der Waals surface area contributed by atoms with Gasteiger partial charge in [0.05, 0.1) is 0 Å². The highest BCUT2D eigenvalue weighted by Crippen LogP contribution is 2.34. The maximum Gasteiger partial charge on any atom is 0.231 e. The van der Waals surface area contributed by atoms with E-state index in [0.717, 1.165) is 0 Å². The van der Waals surface area contributed by atoms with Crippen LogP contribution in [0, 0.1) is 0 Å². The van der Waals surface area contributed by atoms with Gasteiger partial charge in [0, 0.05) is 5.56 Å². The predicted octanol–water partition coefficient (Wildman–Crippen LogP) is 1.44. The van der Waals surface area contributed by atoms with Gasteiger partial charge in [0.2, 0.25) is 6.79 Å². The number of benzene rings is 1. The van der Waals surface area contributed by atoms with Crippen molar-refractivity contribution >= 4 is 18.6 Å². The number of fused-ring (bicyclic) bond motifs is 1. The SMILES string of the molecule is O=CC=Cc1cc2c(cc1C=O)OCO2. The zero-order valence-electron chi connectivity index (χ0n) is 7.80. The molecule has 0 aromatic heterocycles. The van der Waals surface area contributed by atoms with Gasteiger partial charge in [0.1, 0.15) is 6.29 Å². The van der Waals surface area contributed by atoms with Gasteiger partial charge < -0.3 is 9.47 Å². The smallest absolute Gasteiger partial charge is 0.231 e. The summed E-state index contributed by atoms with van der Waals surface area (Å²) in [6, 6.07) is 3.27. The normalized spacial score (nSPS) is 13.1. The molecule has 0 aliphatic carbocycles. The Morgan fingerprint density at radius 3 is 2.33 bits per heavy atom. The van der Waals surface area contributed by atoms with Crippen LogP contribution in [0.5, 0.6) is 11.5 Å². The Labute approximate surface area is 86.1 Å². The maximum absolute atomic E-state index is 10.8. The van der Waals surface area contributed by atoms with Crippen molar-refractivity contribution in [2.45, 2.75) is 0 Å². The second kappa shape index (κ2) is 3.96. The molecule has 0 fully saturated rings. The number of hydrogen-bond acceptors (Lipinski definition) is 4. The molecule has 0 unspecified atom stereocenters. The van der Waals surface area contributed by atoms with Gasteiger partial charge in [-0.05, 0) is 23.8 Å². The van der Waals surface area contributed by atoms with Crippen LogP contribution in [0.25, 0.3) is 6.08 Å². The summed E-state index contributed by atoms with van der Waals surface area (Å²) >= 11 is 0. The van der Waals surface area contributed by atoms with Gasteiger partial charge in [0.25, 0.3) is 0 Å². The Morgan fingerprint density at radius 2 is 1.73 bits per heavy atom. The van der Waals surface area contributed by atoms with E-state index >= 15 is 0 Å². The van der Waals surface area contributed by atoms with Gasteiger partial charge in [-0.1, -0.05) is 6.08 Å². The van der Waals surface area contributed by atoms with Crippen LogP contribution in [0.1, 0.15) is 15.9 Å². The van der Waals surface area contributed by atoms with E-state index < -0.39 is 0 Å². The van der Waals surface area contributed by atoms with E-state index in [1.54, 1.807) is 18.2 Å². The average Bonchev–Trinajstić information content (AvgIpc) is 2.71. The van der Waals surface area contributed by atoms with Crippen LogP contribution < -0.4 is 9.47 Å². The van der Waals surface area contributed by atoms with Crippen LogP contribution in [-0.2, 0) is 4.79 Å². The Balaban J connectivity index is 2.48. The molecule has 1 aliphatic heterocycles. The van der Waals surface area contributed by atoms with Crippen molar-refractivity contribution in [2.75, 3.05) is 6.79 Å². The van der Waals surface area contributed by atoms with Crippen LogP contribution in [0.4, 0.5) is 0 Å². The molecule has 1 aliphatic rings. The summed E-state index contributed by atoms with van der Waals surface area (Å²) in [5.74, 6) is 1.14. The summed E-state index contributed by atoms with van der Waals surface area (Å²) < 4.78 is 10.3. The molecular formula is C11H8O4. The molecule has 76 valence electrons. The van der Waals surface area contributed by atoms with E-state index in [4.69, 9.17) is 9.47 Å². The average molecular weight is 204 g/mol. The van der Waals surface area contributed by atoms with Crippen LogP contribution in [0.3, 0.4) is 0 Å². The van der Waals surface area contributed by atoms with Gasteiger partial charge in [0.15, 0.2) is 17.8 Å². The molecule has 0 radical (unpaired) electrons. The summed E-state index contributed by atoms with van der Waals surface area (Å²) in [6.07, 6.45) is 4.24. The first-order valence-corrected chi connectivity index (χ1v) is 4.36. The fourth-order valence-corrected chi connectivity index (χ4v) is 1.36. The van der Waals surface area contributed by atoms with Gasteiger partial charge in [-0.3, -0.25) is 9.59 Å². The Hall–Kier alpha value is -2.10. The first-order chi connectivity index (χ1) is 7.35. The number of carbonyl (C=O) groups excluding carboxylic acids is 2. The summed E-state index contributed by atoms with van der Waals surface area (Å²) in [5.41, 5.74) is 1.11. The lowest BCUT2D eigenvalue weighted by Gasteiger charge is -2.01. The third-order valence-electron chi connectivity index (χ3n) is 2.06. The monoisotopic (exact) mass is 204 g/mol. The molecule has 1 aromatic carbocycles. The van der Waals surface area contributed by atoms with Gasteiger partial charge in [-0.2, -0.15) is 0 Å². The molecule has 0 bridgehead atoms. The minimum absolute atomic E-state index is 0.161. The van der Waals surface area contributed by atoms with E-state index in [0.29, 0.717) is 35.2 Å². The van der Waals surface area contributed by atoms with Crippen molar-refractivity contribution in [1.82, 2.24) is 0 Å². The Kier molecular flexibility index (Phi) is 2.49. The van der Waals surface area contributed by atoms with Crippen molar-refractivity contribution in [2.24, 2.45) is 0 Å². The van der Waals surface area contributed by atoms with Gasteiger partial charge >= 0.3 is 0 Å². The van der Waals surface area contributed by atoms with E-state index in [-0.39, 0.29) is 6.79 Å². The second-order valence-electron chi connectivity index (χ2n) is 2.95. The zero-order valence-corrected chi connectivity index (χ0v) is 7.80. The molecule has 0 saturated carbocycles. The molecule has 1 heterocycles. The fourth-order valence-electron chi connectivity index (χ4n) is 1.36. The summed E-state index contributed by atoms with van der Waals surface area (Å²) in [4.78, 5) is 21.0. The summed E-state index contributed by atoms with van der Waals surface area (Å²) in [7, 11) is 0. The molecule has 1 aromatic rings. The molecule has 2 rings (SSSR count). The zero-order chi connectivity index (χ0) is 10.7. The van der Waals surface area contributed by atoms with E-state index in [2.05, 4.69) is 0 Å². The van der Waals surface area contributed by atoms with Crippen LogP contribution >= 0.6 is 0 Å². The maximum atomic E-state index is 10.8. The molecular weight excluding hydrogens is 196 g/mol. The first kappa shape index (κ1) is 9.45. The number of hydrogen-bond donors (Lipinski definition) is 0. The molecule has 0 spiro atoms. The van der Waals surface area contributed by atoms with E-state index in [1.807, 2.05) is 0 Å². The Bertz CT molecular complexity index is 434. The summed E-state index contributed by atoms with van der Waals surface area (Å²) in [6.45, 7) is 0.161. The topological polar surface area (TPSA) is 52.6 Å². The molecule has 0 amide bonds. The quantitative estimate of drug-likeness (QED) is 0.552. The third-order valence-corrected chi connectivity index (χ3v) is 2.06. The largest absolute Gasteiger partial charge is 0.454 e. The van der Waals surface area contributed by atoms with Crippen molar-refractivity contribution in [1.29, 1.82) is 0 Å². The number of aldehydes is 2. The van der Waals surface area contributed by atoms with Crippen molar-refractivity contribution < 1.29 is 19.1 Å². The predicted molar refractivity (Wildman–Crippen MR) is 53.1 cm³/mol. The van der Waals surface area contributed by atoms with Crippen LogP contribution in [-0.4, -0.2) is 19.4 Å². The molecule has 15 heavy (non-hydrogen) atoms. The van der Waals surface area contributed by atoms with Crippen molar-refractivity contribution in [3.05, 3.63) is 29.3 Å². The van der Waals surface area contributed by atoms with Crippen molar-refractivity contribution in [3.63, 3.8) is 0 Å². The number of ether oxygens (including phenoxy) is 2. The highest BCUT2D eigenvalue weighted by atomic mass is 16.7. The highest BCUT2D eigenvalue weighted by molar-refractivity contribution is 5.86. The lowest BCUT2D eigenvalue weighted by molar-refractivity contribution is -0.104. The lowest BCUT2D eigenvalue weighted by Crippen LogP contribution is -1.92. The van der Waals surface area contributed by atoms with Gasteiger partial charge in [-0.15, -0.1) is 0 Å². The first-order valence-electron chi connectivity index (χ1n) is 4.36. The van der Waals surface area contributed by atoms with Crippen molar-refractivity contribution in [3.8, 4) is 11.5 Å². The molecule has 4 nitrogen and oxygen atoms in total. The van der Waals surface area contributed by atoms with Gasteiger partial charge in [-0.25, -0.2) is 0 Å². The number of rotatable bonds is 3. The third kappa shape index (κ3) is 1.74. The molecule has 0 atom stereocenters. The minimum Gasteiger partial charge on any atom is -0.454 e. The lowest BCUT2D eigenvalue weighted by atomic mass is 10.1. The molecule has 0 saturated heterocycles. The van der Waals surface area contributed by atoms with Crippen LogP contribution in [0.15, 0.2) is 18.2 Å². The highest BCUT2D eigenvalue weighted by Gasteiger charge is 2.15. The van der Waals surface area contributed by atoms with E-state index in [9.17, 15) is 9.59 Å². The minimum atomic E-state index is 0.161. The van der Waals surface area contributed by atoms with E-state index in [1.165, 1.54) is 6.08 Å². The standard InChI is InChI=1S/C11H8O4/c12-3-1-2-8-4-10-11(15-7-14-10)5-9(8)6-13/h1-6H,7H2. The second-order valence-corrected chi connectivity index (χ2v) is 2.95. The fraction of sp³-hybridized carbons (Fsp3) is 0.0909. The number of allylic oxidation sites excluding steroid dienone is 1. The molecule has 4 heteroatoms. The van der Waals surface area contributed by atoms with Crippen LogP contribution in [0.2, 0.25) is 0 Å². The summed E-state index contributed by atoms with van der Waals surface area (Å²) in [5, 5.41) is 0. The number of carbonyl (C=O) groups is 2.